The van der Waals surface area contributed by atoms with Crippen molar-refractivity contribution in [3.8, 4) is 0 Å². The molecule has 3 rings (SSSR count). The zero-order valence-corrected chi connectivity index (χ0v) is 15.7. The summed E-state index contributed by atoms with van der Waals surface area (Å²) in [5.74, 6) is 0.989. The Morgan fingerprint density at radius 1 is 1.16 bits per heavy atom. The third-order valence-corrected chi connectivity index (χ3v) is 5.41. The van der Waals surface area contributed by atoms with Crippen LogP contribution < -0.4 is 5.32 Å². The zero-order chi connectivity index (χ0) is 17.6. The smallest absolute Gasteiger partial charge is 0.120 e. The van der Waals surface area contributed by atoms with Crippen LogP contribution in [0.4, 0.5) is 0 Å². The predicted octanol–water partition coefficient (Wildman–Crippen LogP) is 3.70. The Hall–Kier alpha value is -1.62. The molecule has 0 aliphatic carbocycles. The van der Waals surface area contributed by atoms with Crippen molar-refractivity contribution in [2.24, 2.45) is 0 Å². The van der Waals surface area contributed by atoms with Gasteiger partial charge in [-0.05, 0) is 64.6 Å². The van der Waals surface area contributed by atoms with Crippen molar-refractivity contribution in [1.82, 2.24) is 15.1 Å². The molecule has 1 aliphatic rings. The number of benzene rings is 1. The first-order valence-electron chi connectivity index (χ1n) is 9.36. The Morgan fingerprint density at radius 2 is 1.88 bits per heavy atom. The third-order valence-electron chi connectivity index (χ3n) is 5.41. The zero-order valence-electron chi connectivity index (χ0n) is 15.7. The van der Waals surface area contributed by atoms with Gasteiger partial charge in [-0.15, -0.1) is 0 Å². The normalized spacial score (nSPS) is 19.2. The van der Waals surface area contributed by atoms with E-state index in [4.69, 9.17) is 4.42 Å². The lowest BCUT2D eigenvalue weighted by Gasteiger charge is -2.37. The predicted molar refractivity (Wildman–Crippen MR) is 103 cm³/mol. The molecule has 1 aromatic carbocycles. The van der Waals surface area contributed by atoms with Crippen LogP contribution in [0.3, 0.4) is 0 Å². The second-order valence-corrected chi connectivity index (χ2v) is 7.34. The van der Waals surface area contributed by atoms with E-state index in [9.17, 15) is 0 Å². The van der Waals surface area contributed by atoms with E-state index in [-0.39, 0.29) is 12.1 Å². The largest absolute Gasteiger partial charge is 0.468 e. The Kier molecular flexibility index (Phi) is 6.29. The molecule has 2 atom stereocenters. The minimum Gasteiger partial charge on any atom is -0.468 e. The minimum atomic E-state index is 0.186. The molecule has 0 spiro atoms. The fraction of sp³-hybridized carbons (Fsp3) is 0.524. The van der Waals surface area contributed by atoms with Gasteiger partial charge in [0.05, 0.1) is 12.3 Å². The van der Waals surface area contributed by atoms with E-state index >= 15 is 0 Å². The Labute approximate surface area is 151 Å². The summed E-state index contributed by atoms with van der Waals surface area (Å²) in [6, 6.07) is 15.9. The van der Waals surface area contributed by atoms with E-state index < -0.39 is 0 Å². The first-order valence-corrected chi connectivity index (χ1v) is 9.36. The van der Waals surface area contributed by atoms with Crippen LogP contribution in [0.5, 0.6) is 0 Å². The molecule has 4 nitrogen and oxygen atoms in total. The van der Waals surface area contributed by atoms with Crippen molar-refractivity contribution >= 4 is 0 Å². The number of nitrogens with zero attached hydrogens (tertiary/aromatic N) is 2. The minimum absolute atomic E-state index is 0.186. The molecule has 0 bridgehead atoms. The van der Waals surface area contributed by atoms with E-state index in [0.717, 1.165) is 12.3 Å². The van der Waals surface area contributed by atoms with E-state index in [1.165, 1.54) is 31.5 Å². The van der Waals surface area contributed by atoms with Gasteiger partial charge in [0.2, 0.25) is 0 Å². The van der Waals surface area contributed by atoms with Crippen LogP contribution in [0, 0.1) is 0 Å². The molecule has 1 saturated heterocycles. The molecular weight excluding hydrogens is 310 g/mol. The molecule has 4 heteroatoms. The summed E-state index contributed by atoms with van der Waals surface area (Å²) >= 11 is 0. The van der Waals surface area contributed by atoms with Crippen LogP contribution in [0.15, 0.2) is 53.1 Å². The highest BCUT2D eigenvalue weighted by molar-refractivity contribution is 5.20. The first-order chi connectivity index (χ1) is 12.1. The van der Waals surface area contributed by atoms with Gasteiger partial charge in [0.25, 0.3) is 0 Å². The topological polar surface area (TPSA) is 31.6 Å². The van der Waals surface area contributed by atoms with E-state index in [1.807, 2.05) is 12.1 Å². The highest BCUT2D eigenvalue weighted by Gasteiger charge is 2.24. The maximum atomic E-state index is 5.58. The molecule has 1 N–H and O–H groups in total. The van der Waals surface area contributed by atoms with Crippen LogP contribution in [-0.4, -0.2) is 49.6 Å². The fourth-order valence-electron chi connectivity index (χ4n) is 3.73. The molecule has 1 aromatic heterocycles. The molecule has 0 unspecified atom stereocenters. The van der Waals surface area contributed by atoms with Gasteiger partial charge < -0.3 is 14.2 Å². The molecule has 0 amide bonds. The summed E-state index contributed by atoms with van der Waals surface area (Å²) in [5.41, 5.74) is 1.33. The molecule has 25 heavy (non-hydrogen) atoms. The first kappa shape index (κ1) is 18.2. The lowest BCUT2D eigenvalue weighted by atomic mass is 10.0. The lowest BCUT2D eigenvalue weighted by Crippen LogP contribution is -2.45. The number of furan rings is 1. The van der Waals surface area contributed by atoms with E-state index in [2.05, 4.69) is 66.5 Å². The van der Waals surface area contributed by atoms with Crippen molar-refractivity contribution in [3.05, 3.63) is 60.1 Å². The number of hydrogen-bond donors (Lipinski definition) is 1. The van der Waals surface area contributed by atoms with E-state index in [0.29, 0.717) is 6.04 Å². The summed E-state index contributed by atoms with van der Waals surface area (Å²) < 4.78 is 5.58. The fourth-order valence-corrected chi connectivity index (χ4v) is 3.73. The van der Waals surface area contributed by atoms with Crippen LogP contribution >= 0.6 is 0 Å². The molecule has 2 heterocycles. The van der Waals surface area contributed by atoms with Gasteiger partial charge in [-0.3, -0.25) is 5.32 Å². The monoisotopic (exact) mass is 341 g/mol. The Balaban J connectivity index is 1.68. The molecule has 2 aromatic rings. The third kappa shape index (κ3) is 4.94. The Bertz CT molecular complexity index is 605. The number of nitrogens with one attached hydrogen (secondary N) is 1. The maximum absolute atomic E-state index is 5.58. The quantitative estimate of drug-likeness (QED) is 0.832. The van der Waals surface area contributed by atoms with Gasteiger partial charge in [0.15, 0.2) is 0 Å². The summed E-state index contributed by atoms with van der Waals surface area (Å²) in [4.78, 5) is 4.96. The molecule has 1 fully saturated rings. The van der Waals surface area contributed by atoms with Crippen molar-refractivity contribution in [2.45, 2.75) is 37.9 Å². The summed E-state index contributed by atoms with van der Waals surface area (Å²) in [6.07, 6.45) is 4.25. The number of piperidine rings is 1. The SMILES string of the molecule is C[C@H](N[C@@H](CN(C)C1CCN(C)CC1)c1ccccc1)c1ccco1. The second-order valence-electron chi connectivity index (χ2n) is 7.34. The number of likely N-dealkylation sites (N-methyl/N-ethyl adjacent to an activating group) is 1. The van der Waals surface area contributed by atoms with Crippen molar-refractivity contribution < 1.29 is 4.42 Å². The standard InChI is InChI=1S/C21H31N3O/c1-17(21-10-7-15-25-21)22-20(18-8-5-4-6-9-18)16-24(3)19-11-13-23(2)14-12-19/h4-10,15,17,19-20,22H,11-14,16H2,1-3H3/t17-,20-/m0/s1. The molecule has 1 aliphatic heterocycles. The van der Waals surface area contributed by atoms with Gasteiger partial charge in [0.1, 0.15) is 5.76 Å². The van der Waals surface area contributed by atoms with Crippen LogP contribution in [-0.2, 0) is 0 Å². The van der Waals surface area contributed by atoms with Crippen molar-refractivity contribution in [2.75, 3.05) is 33.7 Å². The second kappa shape index (κ2) is 8.65. The maximum Gasteiger partial charge on any atom is 0.120 e. The summed E-state index contributed by atoms with van der Waals surface area (Å²) in [6.45, 7) is 5.57. The average Bonchev–Trinajstić information content (AvgIpc) is 3.17. The molecular formula is C21H31N3O. The van der Waals surface area contributed by atoms with Gasteiger partial charge in [-0.2, -0.15) is 0 Å². The van der Waals surface area contributed by atoms with Gasteiger partial charge in [0, 0.05) is 18.6 Å². The highest BCUT2D eigenvalue weighted by Crippen LogP contribution is 2.23. The van der Waals surface area contributed by atoms with E-state index in [1.54, 1.807) is 6.26 Å². The summed E-state index contributed by atoms with van der Waals surface area (Å²) in [7, 11) is 4.49. The molecule has 0 radical (unpaired) electrons. The van der Waals surface area contributed by atoms with Gasteiger partial charge >= 0.3 is 0 Å². The van der Waals surface area contributed by atoms with Crippen LogP contribution in [0.2, 0.25) is 0 Å². The molecule has 0 saturated carbocycles. The average molecular weight is 341 g/mol. The summed E-state index contributed by atoms with van der Waals surface area (Å²) in [5, 5.41) is 3.77. The highest BCUT2D eigenvalue weighted by atomic mass is 16.3. The Morgan fingerprint density at radius 3 is 2.52 bits per heavy atom. The van der Waals surface area contributed by atoms with Crippen molar-refractivity contribution in [3.63, 3.8) is 0 Å². The van der Waals surface area contributed by atoms with Crippen LogP contribution in [0.1, 0.15) is 43.2 Å². The van der Waals surface area contributed by atoms with Crippen LogP contribution in [0.25, 0.3) is 0 Å². The number of rotatable bonds is 7. The van der Waals surface area contributed by atoms with Gasteiger partial charge in [-0.25, -0.2) is 0 Å². The number of likely N-dealkylation sites (tertiary alicyclic amines) is 1. The number of hydrogen-bond acceptors (Lipinski definition) is 4. The molecule has 136 valence electrons. The van der Waals surface area contributed by atoms with Crippen molar-refractivity contribution in [1.29, 1.82) is 0 Å². The van der Waals surface area contributed by atoms with Gasteiger partial charge in [-0.1, -0.05) is 30.3 Å². The lowest BCUT2D eigenvalue weighted by molar-refractivity contribution is 0.132.